The molecule has 1 aliphatic rings. The molecule has 2 aromatic carbocycles. The number of anilines is 2. The van der Waals surface area contributed by atoms with Crippen LogP contribution in [0.15, 0.2) is 47.3 Å². The van der Waals surface area contributed by atoms with E-state index in [1.807, 2.05) is 12.1 Å². The molecule has 6 nitrogen and oxygen atoms in total. The molecule has 1 aromatic heterocycles. The van der Waals surface area contributed by atoms with Crippen molar-refractivity contribution in [1.29, 1.82) is 0 Å². The lowest BCUT2D eigenvalue weighted by atomic mass is 9.91. The topological polar surface area (TPSA) is 66.6 Å². The number of aromatic nitrogens is 1. The summed E-state index contributed by atoms with van der Waals surface area (Å²) < 4.78 is 10.7. The van der Waals surface area contributed by atoms with Gasteiger partial charge in [0.15, 0.2) is 11.5 Å². The van der Waals surface area contributed by atoms with E-state index in [0.717, 1.165) is 41.5 Å². The average molecular weight is 422 g/mol. The number of fused-ring (bicyclic) bond motifs is 1. The second kappa shape index (κ2) is 8.92. The fraction of sp³-hybridized carbons (Fsp3) is 0.400. The number of rotatable bonds is 6. The van der Waals surface area contributed by atoms with Gasteiger partial charge in [-0.3, -0.25) is 4.79 Å². The zero-order chi connectivity index (χ0) is 22.0. The van der Waals surface area contributed by atoms with Gasteiger partial charge in [0.1, 0.15) is 0 Å². The Labute approximate surface area is 183 Å². The largest absolute Gasteiger partial charge is 0.493 e. The molecule has 0 amide bonds. The van der Waals surface area contributed by atoms with Crippen LogP contribution in [0.1, 0.15) is 25.8 Å². The molecular formula is C25H31N3O3. The van der Waals surface area contributed by atoms with E-state index in [1.54, 1.807) is 20.3 Å². The van der Waals surface area contributed by atoms with Crippen LogP contribution in [0.4, 0.5) is 11.4 Å². The molecule has 2 atom stereocenters. The van der Waals surface area contributed by atoms with Crippen LogP contribution in [-0.2, 0) is 6.54 Å². The summed E-state index contributed by atoms with van der Waals surface area (Å²) in [6.07, 6.45) is 1.30. The quantitative estimate of drug-likeness (QED) is 0.607. The lowest BCUT2D eigenvalue weighted by Gasteiger charge is -2.36. The van der Waals surface area contributed by atoms with Gasteiger partial charge in [0.2, 0.25) is 0 Å². The minimum Gasteiger partial charge on any atom is -0.493 e. The highest BCUT2D eigenvalue weighted by atomic mass is 16.5. The Morgan fingerprint density at radius 1 is 1.00 bits per heavy atom. The van der Waals surface area contributed by atoms with Crippen LogP contribution < -0.4 is 25.2 Å². The second-order valence-corrected chi connectivity index (χ2v) is 8.67. The molecule has 0 radical (unpaired) electrons. The lowest BCUT2D eigenvalue weighted by molar-refractivity contribution is 0.356. The van der Waals surface area contributed by atoms with Crippen LogP contribution in [0, 0.1) is 11.8 Å². The van der Waals surface area contributed by atoms with E-state index in [4.69, 9.17) is 9.47 Å². The van der Waals surface area contributed by atoms with Crippen LogP contribution in [0.25, 0.3) is 10.9 Å². The summed E-state index contributed by atoms with van der Waals surface area (Å²) in [6.45, 7) is 7.31. The molecule has 31 heavy (non-hydrogen) atoms. The minimum absolute atomic E-state index is 0.111. The number of hydrogen-bond donors (Lipinski definition) is 2. The fourth-order valence-electron chi connectivity index (χ4n) is 4.57. The van der Waals surface area contributed by atoms with Gasteiger partial charge in [0.05, 0.1) is 19.7 Å². The Morgan fingerprint density at radius 2 is 1.65 bits per heavy atom. The Morgan fingerprint density at radius 3 is 2.29 bits per heavy atom. The average Bonchev–Trinajstić information content (AvgIpc) is 2.76. The Balaban J connectivity index is 1.48. The molecule has 6 heteroatoms. The molecule has 1 saturated heterocycles. The molecule has 1 fully saturated rings. The van der Waals surface area contributed by atoms with Crippen LogP contribution >= 0.6 is 0 Å². The summed E-state index contributed by atoms with van der Waals surface area (Å²) in [7, 11) is 3.19. The number of benzene rings is 2. The number of aromatic amines is 1. The second-order valence-electron chi connectivity index (χ2n) is 8.67. The van der Waals surface area contributed by atoms with Crippen LogP contribution in [-0.4, -0.2) is 32.3 Å². The molecule has 164 valence electrons. The summed E-state index contributed by atoms with van der Waals surface area (Å²) in [6, 6.07) is 14.1. The Kier molecular flexibility index (Phi) is 6.07. The van der Waals surface area contributed by atoms with E-state index in [0.29, 0.717) is 23.6 Å². The van der Waals surface area contributed by atoms with Crippen molar-refractivity contribution in [2.24, 2.45) is 11.8 Å². The molecule has 2 heterocycles. The maximum Gasteiger partial charge on any atom is 0.253 e. The van der Waals surface area contributed by atoms with Crippen molar-refractivity contribution in [3.8, 4) is 11.5 Å². The van der Waals surface area contributed by atoms with Crippen LogP contribution in [0.5, 0.6) is 11.5 Å². The zero-order valence-electron chi connectivity index (χ0n) is 18.7. The van der Waals surface area contributed by atoms with Crippen molar-refractivity contribution in [2.75, 3.05) is 37.5 Å². The number of nitrogens with one attached hydrogen (secondary N) is 2. The number of ether oxygens (including phenoxy) is 2. The molecule has 0 bridgehead atoms. The molecule has 0 spiro atoms. The third-order valence-electron chi connectivity index (χ3n) is 6.01. The first-order valence-electron chi connectivity index (χ1n) is 10.8. The van der Waals surface area contributed by atoms with E-state index in [-0.39, 0.29) is 5.56 Å². The number of hydrogen-bond acceptors (Lipinski definition) is 5. The third-order valence-corrected chi connectivity index (χ3v) is 6.01. The highest BCUT2D eigenvalue weighted by Crippen LogP contribution is 2.31. The van der Waals surface area contributed by atoms with Crippen molar-refractivity contribution in [3.05, 3.63) is 58.4 Å². The standard InChI is InChI=1S/C25H31N3O3/c1-16-9-17(2)15-28(14-16)21-7-5-20(6-8-21)26-13-19-10-18-11-23(30-3)24(31-4)12-22(18)27-25(19)29/h5-8,10-12,16-17,26H,9,13-15H2,1-4H3,(H,27,29)/t16-,17+. The monoisotopic (exact) mass is 421 g/mol. The SMILES string of the molecule is COc1cc2cc(CNc3ccc(N4C[C@H](C)C[C@H](C)C4)cc3)c(=O)[nH]c2cc1OC. The van der Waals surface area contributed by atoms with Crippen molar-refractivity contribution in [2.45, 2.75) is 26.8 Å². The van der Waals surface area contributed by atoms with Crippen LogP contribution in [0.2, 0.25) is 0 Å². The van der Waals surface area contributed by atoms with Crippen molar-refractivity contribution in [1.82, 2.24) is 4.98 Å². The first kappa shape index (κ1) is 21.1. The Hall–Kier alpha value is -3.15. The predicted molar refractivity (Wildman–Crippen MR) is 127 cm³/mol. The molecular weight excluding hydrogens is 390 g/mol. The highest BCUT2D eigenvalue weighted by Gasteiger charge is 2.21. The summed E-state index contributed by atoms with van der Waals surface area (Å²) in [5, 5.41) is 4.27. The molecule has 0 saturated carbocycles. The van der Waals surface area contributed by atoms with Crippen molar-refractivity contribution >= 4 is 22.3 Å². The molecule has 2 N–H and O–H groups in total. The number of piperidine rings is 1. The van der Waals surface area contributed by atoms with Crippen LogP contribution in [0.3, 0.4) is 0 Å². The van der Waals surface area contributed by atoms with E-state index in [2.05, 4.69) is 53.3 Å². The number of pyridine rings is 1. The van der Waals surface area contributed by atoms with Crippen molar-refractivity contribution in [3.63, 3.8) is 0 Å². The van der Waals surface area contributed by atoms with Gasteiger partial charge in [-0.1, -0.05) is 13.8 Å². The van der Waals surface area contributed by atoms with Crippen molar-refractivity contribution < 1.29 is 9.47 Å². The number of H-pyrrole nitrogens is 1. The van der Waals surface area contributed by atoms with Gasteiger partial charge >= 0.3 is 0 Å². The summed E-state index contributed by atoms with van der Waals surface area (Å²) >= 11 is 0. The van der Waals surface area contributed by atoms with Gasteiger partial charge in [-0.2, -0.15) is 0 Å². The normalized spacial score (nSPS) is 18.8. The maximum absolute atomic E-state index is 12.6. The van der Waals surface area contributed by atoms with Gasteiger partial charge in [-0.15, -0.1) is 0 Å². The van der Waals surface area contributed by atoms with E-state index < -0.39 is 0 Å². The van der Waals surface area contributed by atoms with Gasteiger partial charge in [-0.25, -0.2) is 0 Å². The van der Waals surface area contributed by atoms with Gasteiger partial charge in [0, 0.05) is 48.0 Å². The first-order chi connectivity index (χ1) is 15.0. The summed E-state index contributed by atoms with van der Waals surface area (Å²) in [5.41, 5.74) is 3.53. The first-order valence-corrected chi connectivity index (χ1v) is 10.8. The fourth-order valence-corrected chi connectivity index (χ4v) is 4.57. The molecule has 4 rings (SSSR count). The minimum atomic E-state index is -0.111. The predicted octanol–water partition coefficient (Wildman–Crippen LogP) is 4.64. The summed E-state index contributed by atoms with van der Waals surface area (Å²) in [5.74, 6) is 2.67. The van der Waals surface area contributed by atoms with E-state index in [9.17, 15) is 4.79 Å². The van der Waals surface area contributed by atoms with Gasteiger partial charge in [-0.05, 0) is 54.7 Å². The number of nitrogens with zero attached hydrogens (tertiary/aromatic N) is 1. The molecule has 1 aliphatic heterocycles. The summed E-state index contributed by atoms with van der Waals surface area (Å²) in [4.78, 5) is 18.0. The van der Waals surface area contributed by atoms with E-state index >= 15 is 0 Å². The highest BCUT2D eigenvalue weighted by molar-refractivity contribution is 5.83. The maximum atomic E-state index is 12.6. The Bertz CT molecular complexity index is 1100. The lowest BCUT2D eigenvalue weighted by Crippen LogP contribution is -2.38. The molecule has 0 unspecified atom stereocenters. The van der Waals surface area contributed by atoms with Gasteiger partial charge < -0.3 is 24.7 Å². The smallest absolute Gasteiger partial charge is 0.253 e. The van der Waals surface area contributed by atoms with E-state index in [1.165, 1.54) is 12.1 Å². The third kappa shape index (κ3) is 4.63. The number of methoxy groups -OCH3 is 2. The molecule has 0 aliphatic carbocycles. The van der Waals surface area contributed by atoms with Gasteiger partial charge in [0.25, 0.3) is 5.56 Å². The zero-order valence-corrected chi connectivity index (χ0v) is 18.7. The molecule has 3 aromatic rings.